The van der Waals surface area contributed by atoms with Crippen LogP contribution in [0.3, 0.4) is 0 Å². The number of nitrogens with one attached hydrogen (secondary N) is 1. The minimum atomic E-state index is 0.0354. The Labute approximate surface area is 122 Å². The zero-order valence-electron chi connectivity index (χ0n) is 12.9. The Morgan fingerprint density at radius 2 is 1.70 bits per heavy atom. The van der Waals surface area contributed by atoms with E-state index in [1.165, 1.54) is 12.0 Å². The predicted octanol–water partition coefficient (Wildman–Crippen LogP) is 4.29. The number of hydrogen-bond donors (Lipinski definition) is 1. The van der Waals surface area contributed by atoms with Crippen LogP contribution in [0.4, 0.5) is 10.5 Å². The fraction of sp³-hybridized carbons (Fsp3) is 0.588. The van der Waals surface area contributed by atoms with Gasteiger partial charge < -0.3 is 10.2 Å². The number of carbonyl (C=O) groups excluding carboxylic acids is 1. The van der Waals surface area contributed by atoms with Crippen molar-refractivity contribution in [1.82, 2.24) is 4.90 Å². The number of rotatable bonds is 2. The van der Waals surface area contributed by atoms with Crippen molar-refractivity contribution >= 4 is 11.7 Å². The van der Waals surface area contributed by atoms with Crippen LogP contribution in [0.5, 0.6) is 0 Å². The minimum Gasteiger partial charge on any atom is -0.325 e. The van der Waals surface area contributed by atoms with Crippen LogP contribution in [0.1, 0.15) is 45.6 Å². The lowest BCUT2D eigenvalue weighted by Crippen LogP contribution is -2.38. The van der Waals surface area contributed by atoms with Crippen LogP contribution in [-0.2, 0) is 6.42 Å². The van der Waals surface area contributed by atoms with Crippen molar-refractivity contribution in [2.45, 2.75) is 46.5 Å². The molecule has 0 bridgehead atoms. The molecule has 0 aliphatic carbocycles. The van der Waals surface area contributed by atoms with Gasteiger partial charge in [0, 0.05) is 18.8 Å². The van der Waals surface area contributed by atoms with Gasteiger partial charge in [-0.2, -0.15) is 0 Å². The van der Waals surface area contributed by atoms with Crippen molar-refractivity contribution in [3.8, 4) is 0 Å². The second-order valence-electron chi connectivity index (χ2n) is 6.91. The number of urea groups is 1. The van der Waals surface area contributed by atoms with Crippen molar-refractivity contribution in [3.05, 3.63) is 29.8 Å². The van der Waals surface area contributed by atoms with Gasteiger partial charge in [0.25, 0.3) is 0 Å². The molecule has 2 rings (SSSR count). The van der Waals surface area contributed by atoms with Crippen molar-refractivity contribution < 1.29 is 4.79 Å². The van der Waals surface area contributed by atoms with E-state index in [0.29, 0.717) is 5.41 Å². The van der Waals surface area contributed by atoms with Gasteiger partial charge in [-0.15, -0.1) is 0 Å². The van der Waals surface area contributed by atoms with E-state index in [-0.39, 0.29) is 6.03 Å². The Hall–Kier alpha value is -1.51. The fourth-order valence-electron chi connectivity index (χ4n) is 2.62. The van der Waals surface area contributed by atoms with Gasteiger partial charge in [0.1, 0.15) is 0 Å². The van der Waals surface area contributed by atoms with Crippen molar-refractivity contribution in [2.75, 3.05) is 18.4 Å². The SMILES string of the molecule is CC(C)(C)Cc1ccc(NC(=O)N2CCCCC2)cc1. The maximum absolute atomic E-state index is 12.1. The Bertz CT molecular complexity index is 439. The van der Waals surface area contributed by atoms with Gasteiger partial charge in [0.15, 0.2) is 0 Å². The normalized spacial score (nSPS) is 16.1. The van der Waals surface area contributed by atoms with Crippen molar-refractivity contribution in [1.29, 1.82) is 0 Å². The molecule has 1 saturated heterocycles. The monoisotopic (exact) mass is 274 g/mol. The lowest BCUT2D eigenvalue weighted by atomic mass is 9.88. The first-order chi connectivity index (χ1) is 9.44. The van der Waals surface area contributed by atoms with E-state index in [1.807, 2.05) is 17.0 Å². The highest BCUT2D eigenvalue weighted by Crippen LogP contribution is 2.21. The summed E-state index contributed by atoms with van der Waals surface area (Å²) in [4.78, 5) is 14.0. The van der Waals surface area contributed by atoms with Crippen molar-refractivity contribution in [2.24, 2.45) is 5.41 Å². The van der Waals surface area contributed by atoms with Gasteiger partial charge in [-0.25, -0.2) is 4.79 Å². The van der Waals surface area contributed by atoms with Crippen LogP contribution in [0, 0.1) is 5.41 Å². The summed E-state index contributed by atoms with van der Waals surface area (Å²) in [6, 6.07) is 8.26. The highest BCUT2D eigenvalue weighted by atomic mass is 16.2. The second kappa shape index (κ2) is 6.29. The summed E-state index contributed by atoms with van der Waals surface area (Å²) in [7, 11) is 0. The van der Waals surface area contributed by atoms with Gasteiger partial charge in [-0.05, 0) is 48.8 Å². The molecule has 20 heavy (non-hydrogen) atoms. The summed E-state index contributed by atoms with van der Waals surface area (Å²) in [6.07, 6.45) is 4.54. The standard InChI is InChI=1S/C17H26N2O/c1-17(2,3)13-14-7-9-15(10-8-14)18-16(20)19-11-5-4-6-12-19/h7-10H,4-6,11-13H2,1-3H3,(H,18,20). The summed E-state index contributed by atoms with van der Waals surface area (Å²) in [5.74, 6) is 0. The molecule has 1 heterocycles. The maximum Gasteiger partial charge on any atom is 0.321 e. The first-order valence-corrected chi connectivity index (χ1v) is 7.59. The van der Waals surface area contributed by atoms with Crippen LogP contribution in [0.2, 0.25) is 0 Å². The predicted molar refractivity (Wildman–Crippen MR) is 84.0 cm³/mol. The van der Waals surface area contributed by atoms with Gasteiger partial charge in [0.2, 0.25) is 0 Å². The molecule has 1 aromatic carbocycles. The van der Waals surface area contributed by atoms with E-state index in [2.05, 4.69) is 38.2 Å². The van der Waals surface area contributed by atoms with E-state index in [0.717, 1.165) is 38.0 Å². The minimum absolute atomic E-state index is 0.0354. The number of likely N-dealkylation sites (tertiary alicyclic amines) is 1. The molecule has 1 N–H and O–H groups in total. The molecular weight excluding hydrogens is 248 g/mol. The lowest BCUT2D eigenvalue weighted by Gasteiger charge is -2.26. The van der Waals surface area contributed by atoms with E-state index in [4.69, 9.17) is 0 Å². The molecular formula is C17H26N2O. The fourth-order valence-corrected chi connectivity index (χ4v) is 2.62. The molecule has 1 fully saturated rings. The molecule has 3 heteroatoms. The number of benzene rings is 1. The Morgan fingerprint density at radius 1 is 1.10 bits per heavy atom. The third kappa shape index (κ3) is 4.55. The quantitative estimate of drug-likeness (QED) is 0.857. The van der Waals surface area contributed by atoms with Gasteiger partial charge in [-0.1, -0.05) is 32.9 Å². The Kier molecular flexibility index (Phi) is 4.69. The first-order valence-electron chi connectivity index (χ1n) is 7.59. The highest BCUT2D eigenvalue weighted by Gasteiger charge is 2.16. The lowest BCUT2D eigenvalue weighted by molar-refractivity contribution is 0.200. The molecule has 0 atom stereocenters. The van der Waals surface area contributed by atoms with Crippen LogP contribution in [0.25, 0.3) is 0 Å². The molecule has 0 saturated carbocycles. The van der Waals surface area contributed by atoms with E-state index in [9.17, 15) is 4.79 Å². The summed E-state index contributed by atoms with van der Waals surface area (Å²) in [5, 5.41) is 2.99. The van der Waals surface area contributed by atoms with Gasteiger partial charge >= 0.3 is 6.03 Å². The Balaban J connectivity index is 1.91. The van der Waals surface area contributed by atoms with Crippen LogP contribution >= 0.6 is 0 Å². The summed E-state index contributed by atoms with van der Waals surface area (Å²) >= 11 is 0. The highest BCUT2D eigenvalue weighted by molar-refractivity contribution is 5.89. The largest absolute Gasteiger partial charge is 0.325 e. The smallest absolute Gasteiger partial charge is 0.321 e. The number of hydrogen-bond acceptors (Lipinski definition) is 1. The molecule has 1 aliphatic rings. The molecule has 1 aromatic rings. The number of carbonyl (C=O) groups is 1. The van der Waals surface area contributed by atoms with E-state index >= 15 is 0 Å². The second-order valence-corrected chi connectivity index (χ2v) is 6.91. The number of piperidine rings is 1. The maximum atomic E-state index is 12.1. The molecule has 2 amide bonds. The van der Waals surface area contributed by atoms with Gasteiger partial charge in [0.05, 0.1) is 0 Å². The number of anilines is 1. The molecule has 0 spiro atoms. The molecule has 110 valence electrons. The topological polar surface area (TPSA) is 32.3 Å². The molecule has 3 nitrogen and oxygen atoms in total. The average molecular weight is 274 g/mol. The Morgan fingerprint density at radius 3 is 2.25 bits per heavy atom. The molecule has 1 aliphatic heterocycles. The first kappa shape index (κ1) is 14.9. The van der Waals surface area contributed by atoms with Crippen molar-refractivity contribution in [3.63, 3.8) is 0 Å². The zero-order valence-corrected chi connectivity index (χ0v) is 12.9. The van der Waals surface area contributed by atoms with Crippen LogP contribution in [-0.4, -0.2) is 24.0 Å². The zero-order chi connectivity index (χ0) is 14.6. The molecule has 0 aromatic heterocycles. The summed E-state index contributed by atoms with van der Waals surface area (Å²) in [5.41, 5.74) is 2.49. The summed E-state index contributed by atoms with van der Waals surface area (Å²) < 4.78 is 0. The van der Waals surface area contributed by atoms with E-state index < -0.39 is 0 Å². The third-order valence-electron chi connectivity index (χ3n) is 3.58. The average Bonchev–Trinajstić information content (AvgIpc) is 2.40. The summed E-state index contributed by atoms with van der Waals surface area (Å²) in [6.45, 7) is 8.47. The van der Waals surface area contributed by atoms with Gasteiger partial charge in [-0.3, -0.25) is 0 Å². The molecule has 0 unspecified atom stereocenters. The van der Waals surface area contributed by atoms with Crippen LogP contribution < -0.4 is 5.32 Å². The van der Waals surface area contributed by atoms with E-state index in [1.54, 1.807) is 0 Å². The number of amides is 2. The molecule has 0 radical (unpaired) electrons. The third-order valence-corrected chi connectivity index (χ3v) is 3.58. The van der Waals surface area contributed by atoms with Crippen LogP contribution in [0.15, 0.2) is 24.3 Å². The number of nitrogens with zero attached hydrogens (tertiary/aromatic N) is 1.